The van der Waals surface area contributed by atoms with Crippen LogP contribution in [0.3, 0.4) is 0 Å². The van der Waals surface area contributed by atoms with E-state index >= 15 is 0 Å². The molecule has 9 nitrogen and oxygen atoms in total. The van der Waals surface area contributed by atoms with Gasteiger partial charge < -0.3 is 11.5 Å². The highest BCUT2D eigenvalue weighted by molar-refractivity contribution is 7.89. The van der Waals surface area contributed by atoms with Gasteiger partial charge in [0.1, 0.15) is 10.9 Å². The zero-order valence-corrected chi connectivity index (χ0v) is 12.3. The predicted molar refractivity (Wildman–Crippen MR) is 75.7 cm³/mol. The second kappa shape index (κ2) is 6.06. The maximum Gasteiger partial charge on any atom is 0.270 e. The molecule has 0 aliphatic rings. The topological polar surface area (TPSA) is 158 Å². The van der Waals surface area contributed by atoms with E-state index in [-0.39, 0.29) is 5.69 Å². The van der Waals surface area contributed by atoms with Crippen molar-refractivity contribution in [2.75, 3.05) is 5.73 Å². The van der Waals surface area contributed by atoms with Crippen molar-refractivity contribution in [1.82, 2.24) is 4.72 Å². The Morgan fingerprint density at radius 3 is 2.38 bits per heavy atom. The average molecular weight is 316 g/mol. The number of hydrogen-bond acceptors (Lipinski definition) is 6. The Labute approximate surface area is 121 Å². The summed E-state index contributed by atoms with van der Waals surface area (Å²) >= 11 is 0. The number of anilines is 1. The molecule has 0 aromatic heterocycles. The van der Waals surface area contributed by atoms with Crippen LogP contribution < -0.4 is 16.2 Å². The van der Waals surface area contributed by atoms with E-state index in [1.807, 2.05) is 0 Å². The van der Waals surface area contributed by atoms with Crippen LogP contribution in [0.5, 0.6) is 0 Å². The van der Waals surface area contributed by atoms with Gasteiger partial charge in [-0.2, -0.15) is 4.72 Å². The van der Waals surface area contributed by atoms with Gasteiger partial charge in [-0.05, 0) is 12.0 Å². The molecule has 5 N–H and O–H groups in total. The molecule has 1 rings (SSSR count). The van der Waals surface area contributed by atoms with Crippen molar-refractivity contribution in [2.24, 2.45) is 11.7 Å². The lowest BCUT2D eigenvalue weighted by Gasteiger charge is -2.19. The van der Waals surface area contributed by atoms with Gasteiger partial charge in [-0.1, -0.05) is 13.8 Å². The monoisotopic (exact) mass is 316 g/mol. The molecule has 0 bridgehead atoms. The number of nitro benzene ring substituents is 1. The number of hydrogen-bond donors (Lipinski definition) is 3. The van der Waals surface area contributed by atoms with Crippen LogP contribution in [0.25, 0.3) is 0 Å². The van der Waals surface area contributed by atoms with E-state index in [0.29, 0.717) is 0 Å². The van der Waals surface area contributed by atoms with Crippen LogP contribution in [-0.4, -0.2) is 25.3 Å². The molecule has 0 aliphatic carbocycles. The molecule has 0 spiro atoms. The summed E-state index contributed by atoms with van der Waals surface area (Å²) in [7, 11) is -4.22. The fraction of sp³-hybridized carbons (Fsp3) is 0.364. The highest BCUT2D eigenvalue weighted by Gasteiger charge is 2.29. The zero-order chi connectivity index (χ0) is 16.4. The lowest BCUT2D eigenvalue weighted by molar-refractivity contribution is -0.385. The summed E-state index contributed by atoms with van der Waals surface area (Å²) in [6, 6.07) is 1.88. The van der Waals surface area contributed by atoms with Gasteiger partial charge in [0.25, 0.3) is 5.69 Å². The molecule has 0 aliphatic heterocycles. The first kappa shape index (κ1) is 16.9. The number of amides is 1. The number of nitro groups is 1. The van der Waals surface area contributed by atoms with E-state index in [9.17, 15) is 23.3 Å². The van der Waals surface area contributed by atoms with Crippen molar-refractivity contribution in [1.29, 1.82) is 0 Å². The minimum atomic E-state index is -4.22. The number of nitrogens with two attached hydrogens (primary N) is 2. The van der Waals surface area contributed by atoms with Crippen molar-refractivity contribution >= 4 is 27.3 Å². The number of rotatable bonds is 6. The fourth-order valence-electron chi connectivity index (χ4n) is 1.62. The van der Waals surface area contributed by atoms with Crippen LogP contribution in [-0.2, 0) is 14.8 Å². The lowest BCUT2D eigenvalue weighted by Crippen LogP contribution is -2.47. The Morgan fingerprint density at radius 2 is 1.95 bits per heavy atom. The van der Waals surface area contributed by atoms with Crippen LogP contribution in [0.15, 0.2) is 23.1 Å². The third-order valence-electron chi connectivity index (χ3n) is 2.75. The number of nitrogen functional groups attached to an aromatic ring is 1. The number of carbonyl (C=O) groups excluding carboxylic acids is 1. The van der Waals surface area contributed by atoms with Gasteiger partial charge in [0.15, 0.2) is 0 Å². The number of benzene rings is 1. The third kappa shape index (κ3) is 3.89. The second-order valence-electron chi connectivity index (χ2n) is 4.72. The summed E-state index contributed by atoms with van der Waals surface area (Å²) in [6.45, 7) is 3.21. The van der Waals surface area contributed by atoms with Crippen LogP contribution >= 0.6 is 0 Å². The van der Waals surface area contributed by atoms with E-state index in [1.165, 1.54) is 0 Å². The molecule has 0 fully saturated rings. The number of primary amides is 1. The van der Waals surface area contributed by atoms with Gasteiger partial charge in [0.2, 0.25) is 15.9 Å². The summed E-state index contributed by atoms with van der Waals surface area (Å²) in [5.74, 6) is -1.24. The van der Waals surface area contributed by atoms with Crippen LogP contribution in [0.2, 0.25) is 0 Å². The van der Waals surface area contributed by atoms with Crippen molar-refractivity contribution in [3.05, 3.63) is 28.3 Å². The Balaban J connectivity index is 3.27. The molecule has 1 aromatic rings. The largest absolute Gasteiger partial charge is 0.398 e. The number of carbonyl (C=O) groups is 1. The van der Waals surface area contributed by atoms with Gasteiger partial charge in [0.05, 0.1) is 10.6 Å². The van der Waals surface area contributed by atoms with E-state index in [1.54, 1.807) is 13.8 Å². The normalized spacial score (nSPS) is 13.1. The quantitative estimate of drug-likeness (QED) is 0.379. The smallest absolute Gasteiger partial charge is 0.270 e. The molecule has 0 saturated heterocycles. The minimum absolute atomic E-state index is 0.167. The number of nitrogens with one attached hydrogen (secondary N) is 1. The molecule has 0 radical (unpaired) electrons. The van der Waals surface area contributed by atoms with Crippen LogP contribution in [0, 0.1) is 16.0 Å². The predicted octanol–water partition coefficient (Wildman–Crippen LogP) is -0.0348. The zero-order valence-electron chi connectivity index (χ0n) is 11.4. The van der Waals surface area contributed by atoms with Crippen molar-refractivity contribution in [3.63, 3.8) is 0 Å². The maximum atomic E-state index is 12.2. The van der Waals surface area contributed by atoms with Crippen LogP contribution in [0.1, 0.15) is 13.8 Å². The van der Waals surface area contributed by atoms with Gasteiger partial charge >= 0.3 is 0 Å². The molecule has 0 heterocycles. The molecule has 1 amide bonds. The van der Waals surface area contributed by atoms with Gasteiger partial charge in [-0.3, -0.25) is 14.9 Å². The highest BCUT2D eigenvalue weighted by atomic mass is 32.2. The minimum Gasteiger partial charge on any atom is -0.398 e. The molecule has 0 saturated carbocycles. The SMILES string of the molecule is CC(C)C(NS(=O)(=O)c1cc([N+](=O)[O-])ccc1N)C(N)=O. The van der Waals surface area contributed by atoms with Gasteiger partial charge in [0, 0.05) is 12.1 Å². The Morgan fingerprint density at radius 1 is 1.38 bits per heavy atom. The molecular weight excluding hydrogens is 300 g/mol. The molecule has 10 heteroatoms. The van der Waals surface area contributed by atoms with E-state index < -0.39 is 43.4 Å². The van der Waals surface area contributed by atoms with E-state index in [0.717, 1.165) is 18.2 Å². The number of sulfonamides is 1. The first-order chi connectivity index (χ1) is 9.56. The van der Waals surface area contributed by atoms with Crippen molar-refractivity contribution in [3.8, 4) is 0 Å². The summed E-state index contributed by atoms with van der Waals surface area (Å²) in [4.78, 5) is 20.8. The summed E-state index contributed by atoms with van der Waals surface area (Å²) in [5, 5.41) is 10.7. The Hall–Kier alpha value is -2.20. The van der Waals surface area contributed by atoms with Crippen molar-refractivity contribution < 1.29 is 18.1 Å². The maximum absolute atomic E-state index is 12.2. The standard InChI is InChI=1S/C11H16N4O5S/c1-6(2)10(11(13)16)14-21(19,20)9-5-7(15(17)18)3-4-8(9)12/h3-6,10,14H,12H2,1-2H3,(H2,13,16). The number of non-ortho nitro benzene ring substituents is 1. The molecule has 1 unspecified atom stereocenters. The highest BCUT2D eigenvalue weighted by Crippen LogP contribution is 2.24. The Kier molecular flexibility index (Phi) is 4.86. The van der Waals surface area contributed by atoms with E-state index in [2.05, 4.69) is 4.72 Å². The lowest BCUT2D eigenvalue weighted by atomic mass is 10.1. The fourth-order valence-corrected chi connectivity index (χ4v) is 3.13. The van der Waals surface area contributed by atoms with Crippen LogP contribution in [0.4, 0.5) is 11.4 Å². The first-order valence-corrected chi connectivity index (χ1v) is 7.40. The van der Waals surface area contributed by atoms with Gasteiger partial charge in [-0.25, -0.2) is 8.42 Å². The molecule has 1 atom stereocenters. The third-order valence-corrected chi connectivity index (χ3v) is 4.25. The summed E-state index contributed by atoms with van der Waals surface area (Å²) in [6.07, 6.45) is 0. The number of nitrogens with zero attached hydrogens (tertiary/aromatic N) is 1. The van der Waals surface area contributed by atoms with Crippen molar-refractivity contribution in [2.45, 2.75) is 24.8 Å². The summed E-state index contributed by atoms with van der Waals surface area (Å²) < 4.78 is 26.6. The molecule has 116 valence electrons. The average Bonchev–Trinajstić information content (AvgIpc) is 2.35. The first-order valence-electron chi connectivity index (χ1n) is 5.92. The summed E-state index contributed by atoms with van der Waals surface area (Å²) in [5.41, 5.74) is 10.1. The Bertz CT molecular complexity index is 671. The van der Waals surface area contributed by atoms with E-state index in [4.69, 9.17) is 11.5 Å². The van der Waals surface area contributed by atoms with Gasteiger partial charge in [-0.15, -0.1) is 0 Å². The second-order valence-corrected chi connectivity index (χ2v) is 6.41. The molecular formula is C11H16N4O5S. The molecule has 1 aromatic carbocycles. The molecule has 21 heavy (non-hydrogen) atoms.